The van der Waals surface area contributed by atoms with E-state index in [4.69, 9.17) is 5.73 Å². The van der Waals surface area contributed by atoms with Gasteiger partial charge in [0.1, 0.15) is 11.5 Å². The van der Waals surface area contributed by atoms with Gasteiger partial charge in [-0.25, -0.2) is 4.98 Å². The molecular formula is C18H16F3N5O. The summed E-state index contributed by atoms with van der Waals surface area (Å²) in [4.78, 5) is 16.4. The van der Waals surface area contributed by atoms with Crippen LogP contribution in [0.5, 0.6) is 0 Å². The minimum atomic E-state index is -4.56. The Morgan fingerprint density at radius 3 is 2.52 bits per heavy atom. The molecule has 0 fully saturated rings. The third kappa shape index (κ3) is 3.91. The highest BCUT2D eigenvalue weighted by Crippen LogP contribution is 2.32. The molecule has 3 N–H and O–H groups in total. The highest BCUT2D eigenvalue weighted by Gasteiger charge is 2.35. The molecule has 0 radical (unpaired) electrons. The Labute approximate surface area is 152 Å². The van der Waals surface area contributed by atoms with Crippen molar-refractivity contribution < 1.29 is 18.0 Å². The van der Waals surface area contributed by atoms with Crippen LogP contribution in [0.1, 0.15) is 21.7 Å². The Morgan fingerprint density at radius 2 is 1.93 bits per heavy atom. The van der Waals surface area contributed by atoms with Gasteiger partial charge < -0.3 is 11.1 Å². The van der Waals surface area contributed by atoms with Gasteiger partial charge >= 0.3 is 6.18 Å². The van der Waals surface area contributed by atoms with Crippen LogP contribution in [0.2, 0.25) is 0 Å². The summed E-state index contributed by atoms with van der Waals surface area (Å²) in [6, 6.07) is 11.0. The number of halogens is 3. The number of nitrogen functional groups attached to an aromatic ring is 1. The predicted molar refractivity (Wildman–Crippen MR) is 95.0 cm³/mol. The van der Waals surface area contributed by atoms with Gasteiger partial charge in [0.15, 0.2) is 5.69 Å². The van der Waals surface area contributed by atoms with E-state index in [1.54, 1.807) is 18.2 Å². The Balaban J connectivity index is 1.88. The Bertz CT molecular complexity index is 1010. The number of nitrogens with zero attached hydrogens (tertiary/aromatic N) is 3. The van der Waals surface area contributed by atoms with E-state index in [0.717, 1.165) is 16.3 Å². The van der Waals surface area contributed by atoms with Crippen LogP contribution in [0.4, 0.5) is 24.7 Å². The number of nitrogens with two attached hydrogens (primary N) is 1. The maximum atomic E-state index is 12.8. The summed E-state index contributed by atoms with van der Waals surface area (Å²) < 4.78 is 39.6. The molecular weight excluding hydrogens is 359 g/mol. The monoisotopic (exact) mass is 375 g/mol. The van der Waals surface area contributed by atoms with Crippen molar-refractivity contribution >= 4 is 17.4 Å². The van der Waals surface area contributed by atoms with Crippen LogP contribution < -0.4 is 11.1 Å². The normalized spacial score (nSPS) is 11.4. The first-order valence-electron chi connectivity index (χ1n) is 7.91. The molecule has 0 unspecified atom stereocenters. The van der Waals surface area contributed by atoms with E-state index in [2.05, 4.69) is 15.4 Å². The fourth-order valence-corrected chi connectivity index (χ4v) is 2.59. The Kier molecular flexibility index (Phi) is 4.61. The largest absolute Gasteiger partial charge is 0.435 e. The second-order valence-corrected chi connectivity index (χ2v) is 5.99. The van der Waals surface area contributed by atoms with E-state index in [0.29, 0.717) is 5.69 Å². The van der Waals surface area contributed by atoms with E-state index in [9.17, 15) is 18.0 Å². The number of aryl methyl sites for hydroxylation is 2. The number of nitrogens with one attached hydrogen (secondary N) is 1. The molecule has 0 aliphatic heterocycles. The van der Waals surface area contributed by atoms with E-state index in [-0.39, 0.29) is 22.8 Å². The lowest BCUT2D eigenvalue weighted by molar-refractivity contribution is -0.141. The molecule has 6 nitrogen and oxygen atoms in total. The first kappa shape index (κ1) is 18.4. The lowest BCUT2D eigenvalue weighted by Crippen LogP contribution is -2.15. The van der Waals surface area contributed by atoms with Crippen molar-refractivity contribution in [2.45, 2.75) is 13.1 Å². The van der Waals surface area contributed by atoms with Crippen molar-refractivity contribution in [1.82, 2.24) is 14.8 Å². The second kappa shape index (κ2) is 6.75. The maximum Gasteiger partial charge on any atom is 0.435 e. The number of anilines is 2. The van der Waals surface area contributed by atoms with Gasteiger partial charge in [0, 0.05) is 18.3 Å². The number of alkyl halides is 3. The highest BCUT2D eigenvalue weighted by atomic mass is 19.4. The molecule has 0 aliphatic carbocycles. The topological polar surface area (TPSA) is 85.8 Å². The molecule has 0 spiro atoms. The summed E-state index contributed by atoms with van der Waals surface area (Å²) in [6.07, 6.45) is -4.56. The van der Waals surface area contributed by atoms with E-state index in [1.807, 2.05) is 13.0 Å². The van der Waals surface area contributed by atoms with Crippen molar-refractivity contribution in [2.24, 2.45) is 7.05 Å². The Hall–Kier alpha value is -3.36. The average Bonchev–Trinajstić information content (AvgIpc) is 2.96. The minimum Gasteiger partial charge on any atom is -0.383 e. The van der Waals surface area contributed by atoms with Crippen LogP contribution in [-0.4, -0.2) is 20.7 Å². The van der Waals surface area contributed by atoms with Crippen molar-refractivity contribution in [3.05, 3.63) is 59.4 Å². The van der Waals surface area contributed by atoms with Gasteiger partial charge in [-0.15, -0.1) is 0 Å². The zero-order valence-corrected chi connectivity index (χ0v) is 14.5. The van der Waals surface area contributed by atoms with Crippen LogP contribution in [0, 0.1) is 6.92 Å². The second-order valence-electron chi connectivity index (χ2n) is 5.99. The fraction of sp³-hybridized carbons (Fsp3) is 0.167. The average molecular weight is 375 g/mol. The molecule has 0 bridgehead atoms. The van der Waals surface area contributed by atoms with Crippen molar-refractivity contribution in [1.29, 1.82) is 0 Å². The molecule has 0 aliphatic rings. The molecule has 27 heavy (non-hydrogen) atoms. The smallest absolute Gasteiger partial charge is 0.383 e. The predicted octanol–water partition coefficient (Wildman–Crippen LogP) is 3.64. The van der Waals surface area contributed by atoms with Gasteiger partial charge in [0.2, 0.25) is 0 Å². The molecule has 9 heteroatoms. The summed E-state index contributed by atoms with van der Waals surface area (Å²) in [5.74, 6) is -0.538. The fourth-order valence-electron chi connectivity index (χ4n) is 2.59. The molecule has 3 rings (SSSR count). The van der Waals surface area contributed by atoms with E-state index in [1.165, 1.54) is 19.2 Å². The van der Waals surface area contributed by atoms with Crippen LogP contribution in [-0.2, 0) is 13.2 Å². The lowest BCUT2D eigenvalue weighted by Gasteiger charge is -2.09. The summed E-state index contributed by atoms with van der Waals surface area (Å²) in [5, 5.41) is 6.15. The molecule has 140 valence electrons. The molecule has 1 amide bonds. The lowest BCUT2D eigenvalue weighted by atomic mass is 10.1. The minimum absolute atomic E-state index is 0.0518. The molecule has 0 saturated heterocycles. The summed E-state index contributed by atoms with van der Waals surface area (Å²) in [7, 11) is 1.38. The number of hydrogen-bond acceptors (Lipinski definition) is 4. The summed E-state index contributed by atoms with van der Waals surface area (Å²) >= 11 is 0. The molecule has 2 aromatic heterocycles. The first-order chi connectivity index (χ1) is 12.6. The number of carbonyl (C=O) groups excluding carboxylic acids is 1. The first-order valence-corrected chi connectivity index (χ1v) is 7.91. The van der Waals surface area contributed by atoms with Crippen molar-refractivity contribution in [3.8, 4) is 11.3 Å². The van der Waals surface area contributed by atoms with Crippen molar-refractivity contribution in [2.75, 3.05) is 11.1 Å². The number of pyridine rings is 1. The number of aromatic nitrogens is 3. The van der Waals surface area contributed by atoms with Crippen LogP contribution in [0.15, 0.2) is 42.5 Å². The number of hydrogen-bond donors (Lipinski definition) is 2. The van der Waals surface area contributed by atoms with Gasteiger partial charge in [0.25, 0.3) is 5.91 Å². The highest BCUT2D eigenvalue weighted by molar-refractivity contribution is 6.03. The van der Waals surface area contributed by atoms with Gasteiger partial charge in [-0.1, -0.05) is 12.1 Å². The standard InChI is InChI=1S/C18H16F3N5O/c1-10-4-3-5-11(8-10)23-17(27)13-7-6-12(16(22)24-13)14-9-15(18(19,20)21)25-26(14)2/h3-9H,1-2H3,(H2,22,24)(H,23,27). The van der Waals surface area contributed by atoms with Gasteiger partial charge in [-0.2, -0.15) is 18.3 Å². The number of benzene rings is 1. The van der Waals surface area contributed by atoms with Crippen LogP contribution in [0.3, 0.4) is 0 Å². The van der Waals surface area contributed by atoms with Crippen LogP contribution in [0.25, 0.3) is 11.3 Å². The van der Waals surface area contributed by atoms with Crippen molar-refractivity contribution in [3.63, 3.8) is 0 Å². The van der Waals surface area contributed by atoms with E-state index >= 15 is 0 Å². The zero-order chi connectivity index (χ0) is 19.8. The Morgan fingerprint density at radius 1 is 1.19 bits per heavy atom. The maximum absolute atomic E-state index is 12.8. The molecule has 0 saturated carbocycles. The number of amides is 1. The number of carbonyl (C=O) groups is 1. The molecule has 0 atom stereocenters. The van der Waals surface area contributed by atoms with Gasteiger partial charge in [-0.05, 0) is 42.8 Å². The van der Waals surface area contributed by atoms with Gasteiger partial charge in [0.05, 0.1) is 5.69 Å². The molecule has 2 heterocycles. The van der Waals surface area contributed by atoms with Crippen LogP contribution >= 0.6 is 0 Å². The van der Waals surface area contributed by atoms with E-state index < -0.39 is 17.8 Å². The third-order valence-corrected chi connectivity index (χ3v) is 3.88. The van der Waals surface area contributed by atoms with Gasteiger partial charge in [-0.3, -0.25) is 9.48 Å². The SMILES string of the molecule is Cc1cccc(NC(=O)c2ccc(-c3cc(C(F)(F)F)nn3C)c(N)n2)c1. The summed E-state index contributed by atoms with van der Waals surface area (Å²) in [5.41, 5.74) is 6.90. The zero-order valence-electron chi connectivity index (χ0n) is 14.5. The third-order valence-electron chi connectivity index (χ3n) is 3.88. The number of rotatable bonds is 3. The molecule has 1 aromatic carbocycles. The molecule has 3 aromatic rings. The quantitative estimate of drug-likeness (QED) is 0.732. The summed E-state index contributed by atoms with van der Waals surface area (Å²) in [6.45, 7) is 1.89.